The van der Waals surface area contributed by atoms with Crippen molar-refractivity contribution in [2.24, 2.45) is 0 Å². The first-order chi connectivity index (χ1) is 11.9. The van der Waals surface area contributed by atoms with Crippen molar-refractivity contribution in [3.05, 3.63) is 29.4 Å². The molecule has 25 heavy (non-hydrogen) atoms. The quantitative estimate of drug-likeness (QED) is 0.729. The van der Waals surface area contributed by atoms with E-state index in [1.54, 1.807) is 6.07 Å². The number of carbonyl (C=O) groups is 2. The van der Waals surface area contributed by atoms with Gasteiger partial charge in [-0.3, -0.25) is 4.90 Å². The lowest BCUT2D eigenvalue weighted by Gasteiger charge is -2.35. The van der Waals surface area contributed by atoms with Crippen LogP contribution in [0.4, 0.5) is 5.82 Å². The zero-order valence-electron chi connectivity index (χ0n) is 14.1. The predicted octanol–water partition coefficient (Wildman–Crippen LogP) is 1.76. The van der Waals surface area contributed by atoms with E-state index in [2.05, 4.69) is 26.9 Å². The molecule has 9 heteroatoms. The van der Waals surface area contributed by atoms with E-state index in [-0.39, 0.29) is 0 Å². The summed E-state index contributed by atoms with van der Waals surface area (Å²) in [5, 5.41) is 24.1. The Morgan fingerprint density at radius 1 is 1.12 bits per heavy atom. The molecule has 1 aliphatic rings. The Hall–Kier alpha value is -2.19. The molecule has 1 saturated heterocycles. The van der Waals surface area contributed by atoms with Crippen molar-refractivity contribution in [3.63, 3.8) is 0 Å². The second-order valence-corrected chi connectivity index (χ2v) is 5.79. The number of nitrogens with zero attached hydrogens (tertiary/aromatic N) is 4. The average molecular weight is 371 g/mol. The number of piperazine rings is 1. The maximum absolute atomic E-state index is 9.55. The molecular weight excluding hydrogens is 348 g/mol. The predicted molar refractivity (Wildman–Crippen MR) is 95.0 cm³/mol. The standard InChI is InChI=1S/C12H19ClN4.C4H4O4/c1-2-3-6-16-7-9-17(10-8-16)12-5-4-11(13)14-15-12;5-3(6)1-2-4(7)8/h4-5H,2-3,6-10H2,1H3;1-2H,(H,5,6)(H,7,8). The van der Waals surface area contributed by atoms with Gasteiger partial charge in [-0.05, 0) is 25.1 Å². The summed E-state index contributed by atoms with van der Waals surface area (Å²) in [6, 6.07) is 3.74. The lowest BCUT2D eigenvalue weighted by molar-refractivity contribution is -0.134. The molecule has 0 amide bonds. The van der Waals surface area contributed by atoms with E-state index in [4.69, 9.17) is 21.8 Å². The van der Waals surface area contributed by atoms with Crippen LogP contribution in [0.3, 0.4) is 0 Å². The van der Waals surface area contributed by atoms with Crippen LogP contribution >= 0.6 is 11.6 Å². The molecule has 2 rings (SSSR count). The van der Waals surface area contributed by atoms with Crippen LogP contribution in [0.25, 0.3) is 0 Å². The van der Waals surface area contributed by atoms with Crippen molar-refractivity contribution < 1.29 is 19.8 Å². The third kappa shape index (κ3) is 9.02. The van der Waals surface area contributed by atoms with Crippen LogP contribution in [0.1, 0.15) is 19.8 Å². The topological polar surface area (TPSA) is 107 Å². The molecule has 138 valence electrons. The van der Waals surface area contributed by atoms with Gasteiger partial charge in [0.05, 0.1) is 0 Å². The third-order valence-electron chi connectivity index (χ3n) is 3.51. The van der Waals surface area contributed by atoms with E-state index >= 15 is 0 Å². The van der Waals surface area contributed by atoms with Crippen molar-refractivity contribution in [2.45, 2.75) is 19.8 Å². The van der Waals surface area contributed by atoms with Crippen LogP contribution in [0, 0.1) is 0 Å². The molecule has 2 N–H and O–H groups in total. The lowest BCUT2D eigenvalue weighted by atomic mass is 10.2. The maximum atomic E-state index is 9.55. The first-order valence-electron chi connectivity index (χ1n) is 8.02. The zero-order chi connectivity index (χ0) is 18.7. The number of aromatic nitrogens is 2. The van der Waals surface area contributed by atoms with Crippen LogP contribution in [-0.4, -0.2) is 70.0 Å². The Labute approximate surface area is 151 Å². The average Bonchev–Trinajstić information content (AvgIpc) is 2.60. The largest absolute Gasteiger partial charge is 0.478 e. The molecule has 1 aromatic heterocycles. The van der Waals surface area contributed by atoms with Gasteiger partial charge in [0.15, 0.2) is 11.0 Å². The van der Waals surface area contributed by atoms with Gasteiger partial charge in [0, 0.05) is 38.3 Å². The van der Waals surface area contributed by atoms with E-state index in [9.17, 15) is 9.59 Å². The van der Waals surface area contributed by atoms with Crippen LogP contribution < -0.4 is 4.90 Å². The van der Waals surface area contributed by atoms with Crippen molar-refractivity contribution in [2.75, 3.05) is 37.6 Å². The molecule has 1 fully saturated rings. The van der Waals surface area contributed by atoms with Gasteiger partial charge in [-0.15, -0.1) is 10.2 Å². The van der Waals surface area contributed by atoms with Crippen LogP contribution in [0.2, 0.25) is 5.15 Å². The number of rotatable bonds is 6. The molecule has 0 aromatic carbocycles. The highest BCUT2D eigenvalue weighted by molar-refractivity contribution is 6.29. The van der Waals surface area contributed by atoms with Crippen LogP contribution in [-0.2, 0) is 9.59 Å². The number of carboxylic acid groups (broad SMARTS) is 2. The number of hydrogen-bond acceptors (Lipinski definition) is 6. The Balaban J connectivity index is 0.000000333. The van der Waals surface area contributed by atoms with Gasteiger partial charge < -0.3 is 15.1 Å². The van der Waals surface area contributed by atoms with Crippen LogP contribution in [0.15, 0.2) is 24.3 Å². The fourth-order valence-corrected chi connectivity index (χ4v) is 2.30. The summed E-state index contributed by atoms with van der Waals surface area (Å²) in [4.78, 5) is 23.9. The monoisotopic (exact) mass is 370 g/mol. The van der Waals surface area contributed by atoms with Gasteiger partial charge in [-0.1, -0.05) is 24.9 Å². The van der Waals surface area contributed by atoms with Crippen molar-refractivity contribution in [1.82, 2.24) is 15.1 Å². The third-order valence-corrected chi connectivity index (χ3v) is 3.71. The Morgan fingerprint density at radius 3 is 2.16 bits per heavy atom. The molecule has 0 saturated carbocycles. The normalized spacial score (nSPS) is 14.9. The minimum Gasteiger partial charge on any atom is -0.478 e. The maximum Gasteiger partial charge on any atom is 0.328 e. The minimum atomic E-state index is -1.26. The summed E-state index contributed by atoms with van der Waals surface area (Å²) in [5.74, 6) is -1.58. The summed E-state index contributed by atoms with van der Waals surface area (Å²) in [6.07, 6.45) is 3.67. The highest BCUT2D eigenvalue weighted by atomic mass is 35.5. The molecular formula is C16H23ClN4O4. The first-order valence-corrected chi connectivity index (χ1v) is 8.40. The number of carboxylic acids is 2. The lowest BCUT2D eigenvalue weighted by Crippen LogP contribution is -2.46. The number of hydrogen-bond donors (Lipinski definition) is 2. The second kappa shape index (κ2) is 11.4. The summed E-state index contributed by atoms with van der Waals surface area (Å²) in [7, 11) is 0. The molecule has 0 atom stereocenters. The molecule has 0 radical (unpaired) electrons. The van der Waals surface area contributed by atoms with Crippen molar-refractivity contribution in [1.29, 1.82) is 0 Å². The van der Waals surface area contributed by atoms with E-state index in [1.165, 1.54) is 19.4 Å². The molecule has 8 nitrogen and oxygen atoms in total. The fraction of sp³-hybridized carbons (Fsp3) is 0.500. The summed E-state index contributed by atoms with van der Waals surface area (Å²) in [6.45, 7) is 7.74. The van der Waals surface area contributed by atoms with Gasteiger partial charge >= 0.3 is 11.9 Å². The van der Waals surface area contributed by atoms with E-state index in [1.807, 2.05) is 6.07 Å². The van der Waals surface area contributed by atoms with Gasteiger partial charge in [0.25, 0.3) is 0 Å². The van der Waals surface area contributed by atoms with E-state index in [0.717, 1.165) is 32.0 Å². The van der Waals surface area contributed by atoms with Crippen molar-refractivity contribution >= 4 is 29.4 Å². The molecule has 1 aromatic rings. The fourth-order valence-electron chi connectivity index (χ4n) is 2.20. The number of aliphatic carboxylic acids is 2. The highest BCUT2D eigenvalue weighted by Gasteiger charge is 2.17. The number of anilines is 1. The molecule has 0 aliphatic carbocycles. The first kappa shape index (κ1) is 20.9. The van der Waals surface area contributed by atoms with Gasteiger partial charge in [-0.2, -0.15) is 0 Å². The molecule has 1 aliphatic heterocycles. The Bertz CT molecular complexity index is 556. The van der Waals surface area contributed by atoms with Gasteiger partial charge in [-0.25, -0.2) is 9.59 Å². The van der Waals surface area contributed by atoms with E-state index < -0.39 is 11.9 Å². The zero-order valence-corrected chi connectivity index (χ0v) is 14.9. The SMILES string of the molecule is CCCCN1CCN(c2ccc(Cl)nn2)CC1.O=C(O)C=CC(=O)O. The van der Waals surface area contributed by atoms with E-state index in [0.29, 0.717) is 17.3 Å². The minimum absolute atomic E-state index is 0.454. The summed E-state index contributed by atoms with van der Waals surface area (Å²) < 4.78 is 0. The smallest absolute Gasteiger partial charge is 0.328 e. The molecule has 0 spiro atoms. The Kier molecular flexibility index (Phi) is 9.49. The Morgan fingerprint density at radius 2 is 1.72 bits per heavy atom. The second-order valence-electron chi connectivity index (χ2n) is 5.41. The number of halogens is 1. The number of unbranched alkanes of at least 4 members (excludes halogenated alkanes) is 1. The summed E-state index contributed by atoms with van der Waals surface area (Å²) in [5.41, 5.74) is 0. The molecule has 2 heterocycles. The van der Waals surface area contributed by atoms with Crippen LogP contribution in [0.5, 0.6) is 0 Å². The molecule has 0 unspecified atom stereocenters. The van der Waals surface area contributed by atoms with Crippen molar-refractivity contribution in [3.8, 4) is 0 Å². The summed E-state index contributed by atoms with van der Waals surface area (Å²) >= 11 is 5.73. The van der Waals surface area contributed by atoms with Gasteiger partial charge in [0.1, 0.15) is 0 Å². The molecule has 0 bridgehead atoms. The van der Waals surface area contributed by atoms with Gasteiger partial charge in [0.2, 0.25) is 0 Å². The highest BCUT2D eigenvalue weighted by Crippen LogP contribution is 2.14.